The number of aromatic amines is 1. The van der Waals surface area contributed by atoms with E-state index in [1.807, 2.05) is 30.3 Å². The first-order valence-corrected chi connectivity index (χ1v) is 6.20. The van der Waals surface area contributed by atoms with Crippen LogP contribution in [0.1, 0.15) is 0 Å². The van der Waals surface area contributed by atoms with Gasteiger partial charge in [-0.05, 0) is 29.7 Å². The van der Waals surface area contributed by atoms with E-state index >= 15 is 0 Å². The zero-order valence-electron chi connectivity index (χ0n) is 9.98. The third-order valence-corrected chi connectivity index (χ3v) is 3.39. The molecule has 0 aliphatic carbocycles. The molecule has 94 valence electrons. The van der Waals surface area contributed by atoms with E-state index in [9.17, 15) is 4.79 Å². The number of hydrogen-bond acceptors (Lipinski definition) is 2. The van der Waals surface area contributed by atoms with Crippen molar-refractivity contribution in [2.45, 2.75) is 0 Å². The molecule has 0 aliphatic heterocycles. The normalized spacial score (nSPS) is 10.8. The number of H-pyrrole nitrogens is 1. The third-order valence-electron chi connectivity index (χ3n) is 3.06. The Kier molecular flexibility index (Phi) is 2.76. The van der Waals surface area contributed by atoms with Gasteiger partial charge in [-0.2, -0.15) is 0 Å². The van der Waals surface area contributed by atoms with Gasteiger partial charge in [-0.25, -0.2) is 0 Å². The molecule has 3 rings (SSSR count). The molecule has 0 amide bonds. The molecular formula is C15H11ClN2O. The minimum atomic E-state index is -0.141. The van der Waals surface area contributed by atoms with Crippen LogP contribution in [0, 0.1) is 0 Å². The largest absolute Gasteiger partial charge is 0.398 e. The molecule has 3 N–H and O–H groups in total. The van der Waals surface area contributed by atoms with Gasteiger partial charge in [0.25, 0.3) is 0 Å². The first-order chi connectivity index (χ1) is 9.15. The van der Waals surface area contributed by atoms with E-state index < -0.39 is 0 Å². The van der Waals surface area contributed by atoms with Crippen molar-refractivity contribution >= 4 is 28.2 Å². The zero-order chi connectivity index (χ0) is 13.4. The Bertz CT molecular complexity index is 824. The van der Waals surface area contributed by atoms with Gasteiger partial charge in [0.05, 0.1) is 5.52 Å². The number of hydrogen-bond donors (Lipinski definition) is 2. The van der Waals surface area contributed by atoms with Gasteiger partial charge in [-0.15, -0.1) is 0 Å². The molecule has 4 heteroatoms. The van der Waals surface area contributed by atoms with Gasteiger partial charge in [-0.1, -0.05) is 29.8 Å². The zero-order valence-corrected chi connectivity index (χ0v) is 10.7. The van der Waals surface area contributed by atoms with E-state index in [1.54, 1.807) is 12.1 Å². The van der Waals surface area contributed by atoms with Crippen LogP contribution in [0.25, 0.3) is 22.0 Å². The van der Waals surface area contributed by atoms with Crippen molar-refractivity contribution < 1.29 is 0 Å². The number of pyridine rings is 1. The summed E-state index contributed by atoms with van der Waals surface area (Å²) in [7, 11) is 0. The maximum atomic E-state index is 11.3. The van der Waals surface area contributed by atoms with Crippen LogP contribution in [0.15, 0.2) is 53.3 Å². The highest BCUT2D eigenvalue weighted by Crippen LogP contribution is 2.33. The van der Waals surface area contributed by atoms with Gasteiger partial charge in [0.1, 0.15) is 0 Å². The summed E-state index contributed by atoms with van der Waals surface area (Å²) in [5, 5.41) is 1.57. The Balaban J connectivity index is 2.31. The first-order valence-electron chi connectivity index (χ1n) is 5.82. The molecule has 0 spiro atoms. The van der Waals surface area contributed by atoms with Crippen molar-refractivity contribution in [3.05, 3.63) is 63.9 Å². The summed E-state index contributed by atoms with van der Waals surface area (Å²) in [6, 6.07) is 14.5. The van der Waals surface area contributed by atoms with E-state index in [2.05, 4.69) is 4.98 Å². The standard InChI is InChI=1S/C15H11ClN2O/c16-12-4-2-1-3-10(12)11-7-9-5-6-15(19)18-14(9)8-13(11)17/h1-8H,17H2,(H,18,19). The lowest BCUT2D eigenvalue weighted by Gasteiger charge is -2.09. The molecule has 0 fully saturated rings. The predicted octanol–water partition coefficient (Wildman–Crippen LogP) is 3.43. The summed E-state index contributed by atoms with van der Waals surface area (Å²) in [6.45, 7) is 0. The monoisotopic (exact) mass is 270 g/mol. The van der Waals surface area contributed by atoms with Crippen LogP contribution in [-0.4, -0.2) is 4.98 Å². The van der Waals surface area contributed by atoms with Crippen LogP contribution in [0.3, 0.4) is 0 Å². The molecule has 0 aliphatic rings. The van der Waals surface area contributed by atoms with Crippen LogP contribution in [0.2, 0.25) is 5.02 Å². The SMILES string of the molecule is Nc1cc2[nH]c(=O)ccc2cc1-c1ccccc1Cl. The topological polar surface area (TPSA) is 58.9 Å². The van der Waals surface area contributed by atoms with Crippen molar-refractivity contribution in [3.8, 4) is 11.1 Å². The maximum Gasteiger partial charge on any atom is 0.248 e. The number of fused-ring (bicyclic) bond motifs is 1. The van der Waals surface area contributed by atoms with Crippen molar-refractivity contribution in [2.75, 3.05) is 5.73 Å². The highest BCUT2D eigenvalue weighted by molar-refractivity contribution is 6.33. The summed E-state index contributed by atoms with van der Waals surface area (Å²) in [6.07, 6.45) is 0. The molecule has 1 heterocycles. The summed E-state index contributed by atoms with van der Waals surface area (Å²) in [5.74, 6) is 0. The number of halogens is 1. The van der Waals surface area contributed by atoms with E-state index in [-0.39, 0.29) is 5.56 Å². The molecule has 0 saturated heterocycles. The minimum Gasteiger partial charge on any atom is -0.398 e. The quantitative estimate of drug-likeness (QED) is 0.666. The molecule has 19 heavy (non-hydrogen) atoms. The van der Waals surface area contributed by atoms with Crippen LogP contribution in [0.5, 0.6) is 0 Å². The van der Waals surface area contributed by atoms with Crippen LogP contribution >= 0.6 is 11.6 Å². The average Bonchev–Trinajstić information content (AvgIpc) is 2.39. The first kappa shape index (κ1) is 11.8. The fraction of sp³-hybridized carbons (Fsp3) is 0. The number of nitrogens with two attached hydrogens (primary N) is 1. The number of nitrogens with one attached hydrogen (secondary N) is 1. The van der Waals surface area contributed by atoms with Gasteiger partial charge >= 0.3 is 0 Å². The molecule has 0 radical (unpaired) electrons. The fourth-order valence-corrected chi connectivity index (χ4v) is 2.37. The molecule has 0 unspecified atom stereocenters. The summed E-state index contributed by atoms with van der Waals surface area (Å²) in [5.41, 5.74) is 8.97. The summed E-state index contributed by atoms with van der Waals surface area (Å²) in [4.78, 5) is 14.0. The Labute approximate surface area is 114 Å². The maximum absolute atomic E-state index is 11.3. The van der Waals surface area contributed by atoms with E-state index in [0.29, 0.717) is 10.7 Å². The highest BCUT2D eigenvalue weighted by atomic mass is 35.5. The summed E-state index contributed by atoms with van der Waals surface area (Å²) >= 11 is 6.19. The van der Waals surface area contributed by atoms with Gasteiger partial charge in [0.15, 0.2) is 0 Å². The lowest BCUT2D eigenvalue weighted by atomic mass is 10.0. The van der Waals surface area contributed by atoms with Gasteiger partial charge in [0, 0.05) is 27.9 Å². The van der Waals surface area contributed by atoms with E-state index in [4.69, 9.17) is 17.3 Å². The summed E-state index contributed by atoms with van der Waals surface area (Å²) < 4.78 is 0. The molecule has 0 saturated carbocycles. The molecular weight excluding hydrogens is 260 g/mol. The molecule has 3 aromatic rings. The average molecular weight is 271 g/mol. The van der Waals surface area contributed by atoms with Crippen molar-refractivity contribution in [1.29, 1.82) is 0 Å². The molecule has 1 aromatic heterocycles. The minimum absolute atomic E-state index is 0.141. The highest BCUT2D eigenvalue weighted by Gasteiger charge is 2.08. The smallest absolute Gasteiger partial charge is 0.248 e. The predicted molar refractivity (Wildman–Crippen MR) is 79.4 cm³/mol. The van der Waals surface area contributed by atoms with Crippen LogP contribution in [-0.2, 0) is 0 Å². The van der Waals surface area contributed by atoms with Gasteiger partial charge < -0.3 is 10.7 Å². The second-order valence-electron chi connectivity index (χ2n) is 4.33. The fourth-order valence-electron chi connectivity index (χ4n) is 2.13. The molecule has 0 bridgehead atoms. The van der Waals surface area contributed by atoms with Gasteiger partial charge in [-0.3, -0.25) is 4.79 Å². The van der Waals surface area contributed by atoms with Crippen LogP contribution in [0.4, 0.5) is 5.69 Å². The number of benzene rings is 2. The lowest BCUT2D eigenvalue weighted by molar-refractivity contribution is 1.31. The Morgan fingerprint density at radius 2 is 1.79 bits per heavy atom. The lowest BCUT2D eigenvalue weighted by Crippen LogP contribution is -2.03. The number of nitrogen functional groups attached to an aromatic ring is 1. The van der Waals surface area contributed by atoms with Crippen molar-refractivity contribution in [2.24, 2.45) is 0 Å². The number of rotatable bonds is 1. The van der Waals surface area contributed by atoms with Crippen LogP contribution < -0.4 is 11.3 Å². The third kappa shape index (κ3) is 2.09. The van der Waals surface area contributed by atoms with E-state index in [0.717, 1.165) is 22.0 Å². The molecule has 0 atom stereocenters. The molecule has 2 aromatic carbocycles. The number of aromatic nitrogens is 1. The van der Waals surface area contributed by atoms with Gasteiger partial charge in [0.2, 0.25) is 5.56 Å². The second-order valence-corrected chi connectivity index (χ2v) is 4.74. The molecule has 3 nitrogen and oxygen atoms in total. The Morgan fingerprint density at radius 3 is 2.58 bits per heavy atom. The number of anilines is 1. The van der Waals surface area contributed by atoms with Crippen molar-refractivity contribution in [1.82, 2.24) is 4.98 Å². The Morgan fingerprint density at radius 1 is 1.00 bits per heavy atom. The van der Waals surface area contributed by atoms with E-state index in [1.165, 1.54) is 6.07 Å². The second kappa shape index (κ2) is 4.44. The Hall–Kier alpha value is -2.26. The van der Waals surface area contributed by atoms with Crippen molar-refractivity contribution in [3.63, 3.8) is 0 Å².